The molecule has 124 valence electrons. The van der Waals surface area contributed by atoms with Gasteiger partial charge < -0.3 is 14.2 Å². The fraction of sp³-hybridized carbons (Fsp3) is 0.556. The minimum atomic E-state index is 0.221. The number of carbonyl (C=O) groups is 1. The van der Waals surface area contributed by atoms with Gasteiger partial charge in [-0.2, -0.15) is 0 Å². The number of rotatable bonds is 3. The van der Waals surface area contributed by atoms with Gasteiger partial charge in [0.05, 0.1) is 17.8 Å². The second-order valence-electron chi connectivity index (χ2n) is 6.68. The Morgan fingerprint density at radius 3 is 2.91 bits per heavy atom. The SMILES string of the molecule is Cc1nc2ccccn2c1CC(=O)N1CCC[C@@H](N(C)C)CC1. The van der Waals surface area contributed by atoms with Gasteiger partial charge in [-0.05, 0) is 52.4 Å². The normalized spacial score (nSPS) is 19.3. The Hall–Kier alpha value is -1.88. The molecule has 23 heavy (non-hydrogen) atoms. The highest BCUT2D eigenvalue weighted by Gasteiger charge is 2.23. The second-order valence-corrected chi connectivity index (χ2v) is 6.68. The quantitative estimate of drug-likeness (QED) is 0.871. The summed E-state index contributed by atoms with van der Waals surface area (Å²) in [5.41, 5.74) is 2.88. The Morgan fingerprint density at radius 2 is 2.13 bits per heavy atom. The number of hydrogen-bond acceptors (Lipinski definition) is 3. The topological polar surface area (TPSA) is 40.9 Å². The lowest BCUT2D eigenvalue weighted by Crippen LogP contribution is -2.35. The molecule has 0 aromatic carbocycles. The number of hydrogen-bond donors (Lipinski definition) is 0. The molecule has 5 heteroatoms. The fourth-order valence-electron chi connectivity index (χ4n) is 3.48. The second kappa shape index (κ2) is 6.71. The van der Waals surface area contributed by atoms with E-state index in [-0.39, 0.29) is 5.91 Å². The van der Waals surface area contributed by atoms with Crippen LogP contribution in [0.2, 0.25) is 0 Å². The first-order chi connectivity index (χ1) is 11.1. The van der Waals surface area contributed by atoms with E-state index in [1.54, 1.807) is 0 Å². The molecule has 3 heterocycles. The number of fused-ring (bicyclic) bond motifs is 1. The molecular formula is C18H26N4O. The van der Waals surface area contributed by atoms with Gasteiger partial charge in [-0.3, -0.25) is 4.79 Å². The molecule has 1 aliphatic heterocycles. The molecule has 0 aliphatic carbocycles. The summed E-state index contributed by atoms with van der Waals surface area (Å²) in [5.74, 6) is 0.221. The van der Waals surface area contributed by atoms with Crippen LogP contribution in [-0.2, 0) is 11.2 Å². The zero-order chi connectivity index (χ0) is 16.4. The molecule has 0 unspecified atom stereocenters. The zero-order valence-electron chi connectivity index (χ0n) is 14.3. The van der Waals surface area contributed by atoms with Crippen LogP contribution < -0.4 is 0 Å². The molecule has 0 spiro atoms. The lowest BCUT2D eigenvalue weighted by molar-refractivity contribution is -0.130. The number of nitrogens with zero attached hydrogens (tertiary/aromatic N) is 4. The van der Waals surface area contributed by atoms with Gasteiger partial charge in [0.1, 0.15) is 5.65 Å². The summed E-state index contributed by atoms with van der Waals surface area (Å²) in [5, 5.41) is 0. The van der Waals surface area contributed by atoms with Crippen LogP contribution >= 0.6 is 0 Å². The predicted octanol–water partition coefficient (Wildman–Crippen LogP) is 2.13. The molecule has 1 atom stereocenters. The third-order valence-electron chi connectivity index (χ3n) is 4.93. The van der Waals surface area contributed by atoms with Crippen LogP contribution in [0.5, 0.6) is 0 Å². The van der Waals surface area contributed by atoms with Crippen molar-refractivity contribution < 1.29 is 4.79 Å². The average molecular weight is 314 g/mol. The van der Waals surface area contributed by atoms with Crippen molar-refractivity contribution in [1.29, 1.82) is 0 Å². The van der Waals surface area contributed by atoms with E-state index in [0.717, 1.165) is 43.0 Å². The molecule has 2 aromatic rings. The summed E-state index contributed by atoms with van der Waals surface area (Å²) < 4.78 is 2.04. The van der Waals surface area contributed by atoms with Crippen molar-refractivity contribution in [1.82, 2.24) is 19.2 Å². The Kier molecular flexibility index (Phi) is 4.66. The minimum absolute atomic E-state index is 0.221. The molecular weight excluding hydrogens is 288 g/mol. The van der Waals surface area contributed by atoms with Crippen LogP contribution in [0.15, 0.2) is 24.4 Å². The monoisotopic (exact) mass is 314 g/mol. The van der Waals surface area contributed by atoms with Gasteiger partial charge in [0.25, 0.3) is 0 Å². The smallest absolute Gasteiger partial charge is 0.228 e. The lowest BCUT2D eigenvalue weighted by atomic mass is 10.1. The number of likely N-dealkylation sites (tertiary alicyclic amines) is 1. The van der Waals surface area contributed by atoms with E-state index in [1.807, 2.05) is 40.6 Å². The number of aromatic nitrogens is 2. The van der Waals surface area contributed by atoms with E-state index in [9.17, 15) is 4.79 Å². The third-order valence-corrected chi connectivity index (χ3v) is 4.93. The number of pyridine rings is 1. The molecule has 1 amide bonds. The van der Waals surface area contributed by atoms with Gasteiger partial charge >= 0.3 is 0 Å². The maximum Gasteiger partial charge on any atom is 0.228 e. The van der Waals surface area contributed by atoms with Crippen molar-refractivity contribution in [3.63, 3.8) is 0 Å². The molecule has 0 saturated carbocycles. The van der Waals surface area contributed by atoms with Crippen molar-refractivity contribution in [2.24, 2.45) is 0 Å². The standard InChI is InChI=1S/C18H26N4O/c1-14-16(22-11-5-4-8-17(22)19-14)13-18(23)21-10-6-7-15(9-12-21)20(2)3/h4-5,8,11,15H,6-7,9-10,12-13H2,1-3H3/t15-/m1/s1. The van der Waals surface area contributed by atoms with Crippen LogP contribution in [0.3, 0.4) is 0 Å². The Labute approximate surface area is 137 Å². The molecule has 1 aliphatic rings. The number of imidazole rings is 1. The third kappa shape index (κ3) is 3.39. The largest absolute Gasteiger partial charge is 0.342 e. The lowest BCUT2D eigenvalue weighted by Gasteiger charge is -2.23. The van der Waals surface area contributed by atoms with Gasteiger partial charge in [-0.15, -0.1) is 0 Å². The number of carbonyl (C=O) groups excluding carboxylic acids is 1. The van der Waals surface area contributed by atoms with Gasteiger partial charge in [0.15, 0.2) is 0 Å². The maximum absolute atomic E-state index is 12.8. The van der Waals surface area contributed by atoms with Gasteiger partial charge in [-0.25, -0.2) is 4.98 Å². The van der Waals surface area contributed by atoms with Crippen LogP contribution in [0.1, 0.15) is 30.7 Å². The summed E-state index contributed by atoms with van der Waals surface area (Å²) in [4.78, 5) is 21.6. The summed E-state index contributed by atoms with van der Waals surface area (Å²) in [6.45, 7) is 3.72. The maximum atomic E-state index is 12.8. The van der Waals surface area contributed by atoms with E-state index in [0.29, 0.717) is 12.5 Å². The first-order valence-corrected chi connectivity index (χ1v) is 8.43. The highest BCUT2D eigenvalue weighted by Crippen LogP contribution is 2.17. The minimum Gasteiger partial charge on any atom is -0.342 e. The molecule has 0 N–H and O–H groups in total. The molecule has 5 nitrogen and oxygen atoms in total. The van der Waals surface area contributed by atoms with E-state index in [4.69, 9.17) is 0 Å². The number of amides is 1. The van der Waals surface area contributed by atoms with Crippen molar-refractivity contribution in [3.05, 3.63) is 35.8 Å². The van der Waals surface area contributed by atoms with E-state index >= 15 is 0 Å². The van der Waals surface area contributed by atoms with E-state index in [1.165, 1.54) is 6.42 Å². The summed E-state index contributed by atoms with van der Waals surface area (Å²) >= 11 is 0. The highest BCUT2D eigenvalue weighted by molar-refractivity contribution is 5.79. The molecule has 1 fully saturated rings. The van der Waals surface area contributed by atoms with Crippen molar-refractivity contribution >= 4 is 11.6 Å². The summed E-state index contributed by atoms with van der Waals surface area (Å²) in [6, 6.07) is 6.53. The molecule has 3 rings (SSSR count). The van der Waals surface area contributed by atoms with E-state index in [2.05, 4.69) is 24.0 Å². The molecule has 2 aromatic heterocycles. The van der Waals surface area contributed by atoms with Gasteiger partial charge in [-0.1, -0.05) is 6.07 Å². The van der Waals surface area contributed by atoms with Crippen molar-refractivity contribution in [2.45, 2.75) is 38.6 Å². The fourth-order valence-corrected chi connectivity index (χ4v) is 3.48. The Bertz CT molecular complexity index is 691. The summed E-state index contributed by atoms with van der Waals surface area (Å²) in [6.07, 6.45) is 5.74. The van der Waals surface area contributed by atoms with Crippen molar-refractivity contribution in [3.8, 4) is 0 Å². The Morgan fingerprint density at radius 1 is 1.30 bits per heavy atom. The van der Waals surface area contributed by atoms with Gasteiger partial charge in [0, 0.05) is 25.3 Å². The predicted molar refractivity (Wildman–Crippen MR) is 91.5 cm³/mol. The Balaban J connectivity index is 1.72. The van der Waals surface area contributed by atoms with Crippen LogP contribution in [0.25, 0.3) is 5.65 Å². The molecule has 0 bridgehead atoms. The van der Waals surface area contributed by atoms with Crippen LogP contribution in [0.4, 0.5) is 0 Å². The number of aryl methyl sites for hydroxylation is 1. The first-order valence-electron chi connectivity index (χ1n) is 8.43. The van der Waals surface area contributed by atoms with Crippen LogP contribution in [0, 0.1) is 6.92 Å². The van der Waals surface area contributed by atoms with Crippen molar-refractivity contribution in [2.75, 3.05) is 27.2 Å². The highest BCUT2D eigenvalue weighted by atomic mass is 16.2. The van der Waals surface area contributed by atoms with E-state index < -0.39 is 0 Å². The first kappa shape index (κ1) is 16.0. The molecule has 1 saturated heterocycles. The summed E-state index contributed by atoms with van der Waals surface area (Å²) in [7, 11) is 4.26. The van der Waals surface area contributed by atoms with Gasteiger partial charge in [0.2, 0.25) is 5.91 Å². The zero-order valence-corrected chi connectivity index (χ0v) is 14.3. The van der Waals surface area contributed by atoms with Crippen LogP contribution in [-0.4, -0.2) is 58.3 Å². The molecule has 0 radical (unpaired) electrons. The average Bonchev–Trinajstić information content (AvgIpc) is 2.72.